The molecule has 1 amide bonds. The molecular formula is C14H25N5O2. The van der Waals surface area contributed by atoms with E-state index in [1.54, 1.807) is 25.5 Å². The van der Waals surface area contributed by atoms with E-state index in [9.17, 15) is 9.59 Å². The number of amides is 1. The third-order valence-electron chi connectivity index (χ3n) is 2.34. The molecule has 2 N–H and O–H groups in total. The van der Waals surface area contributed by atoms with Crippen molar-refractivity contribution in [3.63, 3.8) is 0 Å². The molecule has 0 aliphatic heterocycles. The summed E-state index contributed by atoms with van der Waals surface area (Å²) in [5.41, 5.74) is 0.331. The average Bonchev–Trinajstić information content (AvgIpc) is 2.85. The fraction of sp³-hybridized carbons (Fsp3) is 0.571. The molecule has 0 aromatic carbocycles. The Labute approximate surface area is 124 Å². The van der Waals surface area contributed by atoms with E-state index < -0.39 is 0 Å². The molecule has 0 atom stereocenters. The monoisotopic (exact) mass is 295 g/mol. The van der Waals surface area contributed by atoms with Gasteiger partial charge in [0.05, 0.1) is 6.33 Å². The van der Waals surface area contributed by atoms with Crippen LogP contribution in [-0.2, 0) is 11.8 Å². The number of carbonyl (C=O) groups excluding carboxylic acids is 1. The molecule has 0 saturated heterocycles. The summed E-state index contributed by atoms with van der Waals surface area (Å²) in [6.45, 7) is 11.5. The molecule has 2 aromatic rings. The highest BCUT2D eigenvalue weighted by Crippen LogP contribution is 2.06. The Balaban J connectivity index is 0.000000921. The minimum atomic E-state index is -0.366. The lowest BCUT2D eigenvalue weighted by molar-refractivity contribution is -0.118. The first-order valence-electron chi connectivity index (χ1n) is 7.21. The first-order chi connectivity index (χ1) is 9.99. The molecule has 0 aliphatic carbocycles. The second-order valence-corrected chi connectivity index (χ2v) is 4.09. The van der Waals surface area contributed by atoms with E-state index in [2.05, 4.69) is 20.3 Å². The first-order valence-corrected chi connectivity index (χ1v) is 7.21. The van der Waals surface area contributed by atoms with Crippen molar-refractivity contribution in [2.75, 3.05) is 5.32 Å². The van der Waals surface area contributed by atoms with Gasteiger partial charge in [-0.1, -0.05) is 41.5 Å². The number of hydrogen-bond acceptors (Lipinski definition) is 4. The SMILES string of the molecule is CC.CC.CC(C)C(=O)Nc1nc2c(ncn2C)c(=O)[nH]1. The Morgan fingerprint density at radius 3 is 2.38 bits per heavy atom. The molecule has 0 bridgehead atoms. The van der Waals surface area contributed by atoms with Gasteiger partial charge in [-0.05, 0) is 0 Å². The summed E-state index contributed by atoms with van der Waals surface area (Å²) in [5, 5.41) is 2.54. The molecule has 0 saturated carbocycles. The molecule has 2 rings (SSSR count). The maximum atomic E-state index is 11.6. The van der Waals surface area contributed by atoms with Crippen LogP contribution in [0.4, 0.5) is 5.95 Å². The van der Waals surface area contributed by atoms with Gasteiger partial charge in [-0.25, -0.2) is 4.98 Å². The fourth-order valence-corrected chi connectivity index (χ4v) is 1.34. The number of aromatic amines is 1. The number of carbonyl (C=O) groups is 1. The Morgan fingerprint density at radius 2 is 1.86 bits per heavy atom. The zero-order valence-corrected chi connectivity index (χ0v) is 13.8. The van der Waals surface area contributed by atoms with Gasteiger partial charge in [0.2, 0.25) is 11.9 Å². The largest absolute Gasteiger partial charge is 0.318 e. The molecule has 0 spiro atoms. The number of anilines is 1. The van der Waals surface area contributed by atoms with Crippen molar-refractivity contribution >= 4 is 23.0 Å². The molecule has 0 aliphatic rings. The number of nitrogens with zero attached hydrogens (tertiary/aromatic N) is 3. The van der Waals surface area contributed by atoms with Crippen molar-refractivity contribution in [2.45, 2.75) is 41.5 Å². The fourth-order valence-electron chi connectivity index (χ4n) is 1.34. The topological polar surface area (TPSA) is 92.7 Å². The molecule has 0 unspecified atom stereocenters. The minimum absolute atomic E-state index is 0.143. The zero-order valence-electron chi connectivity index (χ0n) is 13.8. The summed E-state index contributed by atoms with van der Waals surface area (Å²) in [6, 6.07) is 0. The van der Waals surface area contributed by atoms with Crippen molar-refractivity contribution in [3.8, 4) is 0 Å². The third kappa shape index (κ3) is 4.70. The van der Waals surface area contributed by atoms with E-state index in [0.29, 0.717) is 5.65 Å². The Bertz CT molecular complexity index is 628. The Morgan fingerprint density at radius 1 is 1.29 bits per heavy atom. The first kappa shape index (κ1) is 18.8. The van der Waals surface area contributed by atoms with Gasteiger partial charge in [-0.2, -0.15) is 4.98 Å². The van der Waals surface area contributed by atoms with Gasteiger partial charge in [0.25, 0.3) is 5.56 Å². The molecular weight excluding hydrogens is 270 g/mol. The Hall–Kier alpha value is -2.18. The lowest BCUT2D eigenvalue weighted by Gasteiger charge is -2.06. The Kier molecular flexibility index (Phi) is 7.96. The van der Waals surface area contributed by atoms with Crippen LogP contribution in [0.25, 0.3) is 11.2 Å². The summed E-state index contributed by atoms with van der Waals surface area (Å²) in [6.07, 6.45) is 1.50. The molecule has 21 heavy (non-hydrogen) atoms. The van der Waals surface area contributed by atoms with E-state index >= 15 is 0 Å². The van der Waals surface area contributed by atoms with Gasteiger partial charge in [-0.15, -0.1) is 0 Å². The number of hydrogen-bond donors (Lipinski definition) is 2. The van der Waals surface area contributed by atoms with Crippen LogP contribution in [0.1, 0.15) is 41.5 Å². The normalized spacial score (nSPS) is 9.52. The molecule has 0 fully saturated rings. The lowest BCUT2D eigenvalue weighted by atomic mass is 10.2. The summed E-state index contributed by atoms with van der Waals surface area (Å²) in [4.78, 5) is 33.7. The van der Waals surface area contributed by atoms with Crippen molar-refractivity contribution in [3.05, 3.63) is 16.7 Å². The van der Waals surface area contributed by atoms with E-state index in [1.165, 1.54) is 6.33 Å². The summed E-state index contributed by atoms with van der Waals surface area (Å²) in [5.74, 6) is -0.234. The van der Waals surface area contributed by atoms with Gasteiger partial charge in [-0.3, -0.25) is 19.9 Å². The smallest absolute Gasteiger partial charge is 0.280 e. The number of rotatable bonds is 2. The van der Waals surface area contributed by atoms with Crippen LogP contribution >= 0.6 is 0 Å². The van der Waals surface area contributed by atoms with Crippen LogP contribution in [0, 0.1) is 5.92 Å². The number of fused-ring (bicyclic) bond motifs is 1. The summed E-state index contributed by atoms with van der Waals surface area (Å²) in [7, 11) is 1.73. The van der Waals surface area contributed by atoms with Crippen LogP contribution in [0.3, 0.4) is 0 Å². The maximum Gasteiger partial charge on any atom is 0.280 e. The van der Waals surface area contributed by atoms with Gasteiger partial charge < -0.3 is 4.57 Å². The van der Waals surface area contributed by atoms with Gasteiger partial charge in [0.15, 0.2) is 11.2 Å². The summed E-state index contributed by atoms with van der Waals surface area (Å²) >= 11 is 0. The molecule has 118 valence electrons. The number of aryl methyl sites for hydroxylation is 1. The average molecular weight is 295 g/mol. The third-order valence-corrected chi connectivity index (χ3v) is 2.34. The van der Waals surface area contributed by atoms with E-state index in [1.807, 2.05) is 27.7 Å². The number of aromatic nitrogens is 4. The van der Waals surface area contributed by atoms with E-state index in [4.69, 9.17) is 0 Å². The highest BCUT2D eigenvalue weighted by molar-refractivity contribution is 5.90. The molecule has 2 heterocycles. The second kappa shape index (κ2) is 8.89. The van der Waals surface area contributed by atoms with Crippen LogP contribution in [0.2, 0.25) is 0 Å². The van der Waals surface area contributed by atoms with Crippen LogP contribution in [0.5, 0.6) is 0 Å². The highest BCUT2D eigenvalue weighted by Gasteiger charge is 2.12. The number of H-pyrrole nitrogens is 1. The van der Waals surface area contributed by atoms with Crippen molar-refractivity contribution in [2.24, 2.45) is 13.0 Å². The molecule has 7 nitrogen and oxygen atoms in total. The van der Waals surface area contributed by atoms with Crippen LogP contribution in [-0.4, -0.2) is 25.4 Å². The summed E-state index contributed by atoms with van der Waals surface area (Å²) < 4.78 is 1.62. The number of nitrogens with one attached hydrogen (secondary N) is 2. The lowest BCUT2D eigenvalue weighted by Crippen LogP contribution is -2.22. The molecule has 7 heteroatoms. The second-order valence-electron chi connectivity index (χ2n) is 4.09. The predicted octanol–water partition coefficient (Wildman–Crippen LogP) is 2.30. The van der Waals surface area contributed by atoms with Gasteiger partial charge in [0, 0.05) is 13.0 Å². The van der Waals surface area contributed by atoms with E-state index in [0.717, 1.165) is 0 Å². The van der Waals surface area contributed by atoms with Crippen molar-refractivity contribution < 1.29 is 4.79 Å². The van der Waals surface area contributed by atoms with Gasteiger partial charge in [0.1, 0.15) is 0 Å². The predicted molar refractivity (Wildman–Crippen MR) is 85.3 cm³/mol. The minimum Gasteiger partial charge on any atom is -0.318 e. The molecule has 0 radical (unpaired) electrons. The van der Waals surface area contributed by atoms with Gasteiger partial charge >= 0.3 is 0 Å². The maximum absolute atomic E-state index is 11.6. The highest BCUT2D eigenvalue weighted by atomic mass is 16.2. The van der Waals surface area contributed by atoms with Crippen LogP contribution < -0.4 is 10.9 Å². The number of imidazole rings is 1. The molecule has 2 aromatic heterocycles. The van der Waals surface area contributed by atoms with Crippen molar-refractivity contribution in [1.29, 1.82) is 0 Å². The standard InChI is InChI=1S/C10H13N5O2.2C2H6/c1-5(2)8(16)13-10-12-7-6(9(17)14-10)11-4-15(7)3;2*1-2/h4-5H,1-3H3,(H2,12,13,14,16,17);2*1-2H3. The zero-order chi connectivity index (χ0) is 16.6. The quantitative estimate of drug-likeness (QED) is 0.889. The van der Waals surface area contributed by atoms with Crippen molar-refractivity contribution in [1.82, 2.24) is 19.5 Å². The van der Waals surface area contributed by atoms with E-state index in [-0.39, 0.29) is 28.8 Å². The van der Waals surface area contributed by atoms with Crippen LogP contribution in [0.15, 0.2) is 11.1 Å².